The van der Waals surface area contributed by atoms with Crippen LogP contribution in [0.15, 0.2) is 24.3 Å². The number of benzene rings is 1. The SMILES string of the molecule is N#Cc1cccc(OCC(=O)NC(C2CC2)C2CC2)c1. The number of amides is 1. The molecule has 3 rings (SSSR count). The van der Waals surface area contributed by atoms with Crippen LogP contribution in [-0.2, 0) is 4.79 Å². The van der Waals surface area contributed by atoms with E-state index in [0.717, 1.165) is 0 Å². The van der Waals surface area contributed by atoms with Crippen LogP contribution >= 0.6 is 0 Å². The van der Waals surface area contributed by atoms with E-state index in [9.17, 15) is 4.79 Å². The highest BCUT2D eigenvalue weighted by molar-refractivity contribution is 5.78. The van der Waals surface area contributed by atoms with Crippen LogP contribution in [0.2, 0.25) is 0 Å². The van der Waals surface area contributed by atoms with Gasteiger partial charge in [0, 0.05) is 6.04 Å². The van der Waals surface area contributed by atoms with Crippen molar-refractivity contribution in [1.82, 2.24) is 5.32 Å². The molecule has 4 heteroatoms. The summed E-state index contributed by atoms with van der Waals surface area (Å²) in [7, 11) is 0. The number of rotatable bonds is 6. The van der Waals surface area contributed by atoms with Gasteiger partial charge in [-0.05, 0) is 55.7 Å². The number of nitrogens with one attached hydrogen (secondary N) is 1. The molecule has 0 spiro atoms. The summed E-state index contributed by atoms with van der Waals surface area (Å²) >= 11 is 0. The Morgan fingerprint density at radius 1 is 1.35 bits per heavy atom. The van der Waals surface area contributed by atoms with E-state index in [2.05, 4.69) is 11.4 Å². The summed E-state index contributed by atoms with van der Waals surface area (Å²) in [6.45, 7) is 0.0187. The second kappa shape index (κ2) is 5.54. The lowest BCUT2D eigenvalue weighted by molar-refractivity contribution is -0.124. The maximum atomic E-state index is 11.9. The third kappa shape index (κ3) is 3.30. The zero-order valence-electron chi connectivity index (χ0n) is 11.3. The van der Waals surface area contributed by atoms with Crippen molar-refractivity contribution in [3.05, 3.63) is 29.8 Å². The normalized spacial score (nSPS) is 17.6. The highest BCUT2D eigenvalue weighted by Gasteiger charge is 2.42. The first kappa shape index (κ1) is 13.0. The van der Waals surface area contributed by atoms with Crippen LogP contribution in [0.5, 0.6) is 5.75 Å². The number of carbonyl (C=O) groups excluding carboxylic acids is 1. The van der Waals surface area contributed by atoms with Crippen LogP contribution in [0.1, 0.15) is 31.2 Å². The van der Waals surface area contributed by atoms with E-state index in [1.54, 1.807) is 24.3 Å². The Bertz CT molecular complexity index is 530. The van der Waals surface area contributed by atoms with Crippen LogP contribution < -0.4 is 10.1 Å². The molecule has 1 aromatic carbocycles. The van der Waals surface area contributed by atoms with Gasteiger partial charge in [-0.2, -0.15) is 5.26 Å². The Hall–Kier alpha value is -2.02. The van der Waals surface area contributed by atoms with E-state index in [0.29, 0.717) is 29.2 Å². The Kier molecular flexibility index (Phi) is 3.60. The summed E-state index contributed by atoms with van der Waals surface area (Å²) in [6.07, 6.45) is 4.97. The van der Waals surface area contributed by atoms with Gasteiger partial charge >= 0.3 is 0 Å². The van der Waals surface area contributed by atoms with Gasteiger partial charge in [-0.15, -0.1) is 0 Å². The van der Waals surface area contributed by atoms with Crippen molar-refractivity contribution in [2.45, 2.75) is 31.7 Å². The molecule has 0 unspecified atom stereocenters. The molecule has 0 aromatic heterocycles. The molecule has 0 aliphatic heterocycles. The second-order valence-corrected chi connectivity index (χ2v) is 5.70. The molecular weight excluding hydrogens is 252 g/mol. The number of hydrogen-bond donors (Lipinski definition) is 1. The quantitative estimate of drug-likeness (QED) is 0.862. The summed E-state index contributed by atoms with van der Waals surface area (Å²) in [6, 6.07) is 9.28. The monoisotopic (exact) mass is 270 g/mol. The fourth-order valence-corrected chi connectivity index (χ4v) is 2.56. The lowest BCUT2D eigenvalue weighted by Crippen LogP contribution is -2.40. The molecule has 4 nitrogen and oxygen atoms in total. The average molecular weight is 270 g/mol. The zero-order chi connectivity index (χ0) is 13.9. The third-order valence-electron chi connectivity index (χ3n) is 3.92. The molecule has 0 radical (unpaired) electrons. The van der Waals surface area contributed by atoms with Crippen LogP contribution in [-0.4, -0.2) is 18.6 Å². The molecule has 2 aliphatic rings. The fourth-order valence-electron chi connectivity index (χ4n) is 2.56. The lowest BCUT2D eigenvalue weighted by atomic mass is 10.1. The van der Waals surface area contributed by atoms with Gasteiger partial charge < -0.3 is 10.1 Å². The first-order valence-electron chi connectivity index (χ1n) is 7.18. The van der Waals surface area contributed by atoms with Crippen molar-refractivity contribution in [3.63, 3.8) is 0 Å². The summed E-state index contributed by atoms with van der Waals surface area (Å²) in [5, 5.41) is 11.9. The smallest absolute Gasteiger partial charge is 0.258 e. The van der Waals surface area contributed by atoms with Crippen molar-refractivity contribution in [2.75, 3.05) is 6.61 Å². The largest absolute Gasteiger partial charge is 0.484 e. The Morgan fingerprint density at radius 3 is 2.65 bits per heavy atom. The molecule has 0 saturated heterocycles. The van der Waals surface area contributed by atoms with Crippen molar-refractivity contribution >= 4 is 5.91 Å². The van der Waals surface area contributed by atoms with E-state index in [1.165, 1.54) is 25.7 Å². The molecule has 2 aliphatic carbocycles. The van der Waals surface area contributed by atoms with Crippen molar-refractivity contribution < 1.29 is 9.53 Å². The number of nitriles is 1. The molecule has 0 atom stereocenters. The maximum Gasteiger partial charge on any atom is 0.258 e. The fraction of sp³-hybridized carbons (Fsp3) is 0.500. The predicted molar refractivity (Wildman–Crippen MR) is 74.0 cm³/mol. The van der Waals surface area contributed by atoms with Crippen molar-refractivity contribution in [1.29, 1.82) is 5.26 Å². The lowest BCUT2D eigenvalue weighted by Gasteiger charge is -2.17. The highest BCUT2D eigenvalue weighted by atomic mass is 16.5. The minimum Gasteiger partial charge on any atom is -0.484 e. The molecule has 1 N–H and O–H groups in total. The van der Waals surface area contributed by atoms with Gasteiger partial charge in [-0.25, -0.2) is 0 Å². The Labute approximate surface area is 118 Å². The number of hydrogen-bond acceptors (Lipinski definition) is 3. The van der Waals surface area contributed by atoms with Gasteiger partial charge in [0.05, 0.1) is 11.6 Å². The zero-order valence-corrected chi connectivity index (χ0v) is 11.3. The Balaban J connectivity index is 1.49. The molecule has 20 heavy (non-hydrogen) atoms. The first-order chi connectivity index (χ1) is 9.76. The minimum absolute atomic E-state index is 0.0187. The number of carbonyl (C=O) groups is 1. The van der Waals surface area contributed by atoms with Crippen LogP contribution in [0, 0.1) is 23.2 Å². The molecular formula is C16H18N2O2. The molecule has 1 amide bonds. The molecule has 0 bridgehead atoms. The van der Waals surface area contributed by atoms with E-state index in [-0.39, 0.29) is 12.5 Å². The summed E-state index contributed by atoms with van der Waals surface area (Å²) in [5.41, 5.74) is 0.539. The third-order valence-corrected chi connectivity index (χ3v) is 3.92. The Morgan fingerprint density at radius 2 is 2.05 bits per heavy atom. The summed E-state index contributed by atoms with van der Waals surface area (Å²) in [5.74, 6) is 1.88. The highest BCUT2D eigenvalue weighted by Crippen LogP contribution is 2.44. The molecule has 104 valence electrons. The van der Waals surface area contributed by atoms with Gasteiger partial charge in [0.1, 0.15) is 5.75 Å². The van der Waals surface area contributed by atoms with E-state index in [4.69, 9.17) is 10.00 Å². The van der Waals surface area contributed by atoms with Gasteiger partial charge in [0.15, 0.2) is 6.61 Å². The molecule has 1 aromatic rings. The predicted octanol–water partition coefficient (Wildman–Crippen LogP) is 2.24. The number of nitrogens with zero attached hydrogens (tertiary/aromatic N) is 1. The molecule has 2 saturated carbocycles. The van der Waals surface area contributed by atoms with Crippen molar-refractivity contribution in [3.8, 4) is 11.8 Å². The van der Waals surface area contributed by atoms with E-state index < -0.39 is 0 Å². The van der Waals surface area contributed by atoms with Crippen LogP contribution in [0.4, 0.5) is 0 Å². The van der Waals surface area contributed by atoms with E-state index in [1.807, 2.05) is 0 Å². The van der Waals surface area contributed by atoms with Crippen LogP contribution in [0.3, 0.4) is 0 Å². The molecule has 2 fully saturated rings. The van der Waals surface area contributed by atoms with Crippen LogP contribution in [0.25, 0.3) is 0 Å². The summed E-state index contributed by atoms with van der Waals surface area (Å²) in [4.78, 5) is 11.9. The average Bonchev–Trinajstić information content (AvgIpc) is 3.35. The minimum atomic E-state index is -0.0591. The first-order valence-corrected chi connectivity index (χ1v) is 7.18. The maximum absolute atomic E-state index is 11.9. The van der Waals surface area contributed by atoms with Gasteiger partial charge in [0.2, 0.25) is 0 Å². The van der Waals surface area contributed by atoms with Crippen molar-refractivity contribution in [2.24, 2.45) is 11.8 Å². The van der Waals surface area contributed by atoms with E-state index >= 15 is 0 Å². The number of ether oxygens (including phenoxy) is 1. The van der Waals surface area contributed by atoms with Gasteiger partial charge in [0.25, 0.3) is 5.91 Å². The van der Waals surface area contributed by atoms with Gasteiger partial charge in [-0.1, -0.05) is 6.07 Å². The molecule has 0 heterocycles. The summed E-state index contributed by atoms with van der Waals surface area (Å²) < 4.78 is 5.45. The topological polar surface area (TPSA) is 62.1 Å². The second-order valence-electron chi connectivity index (χ2n) is 5.70. The van der Waals surface area contributed by atoms with Gasteiger partial charge in [-0.3, -0.25) is 4.79 Å². The standard InChI is InChI=1S/C16H18N2O2/c17-9-11-2-1-3-14(8-11)20-10-15(19)18-16(12-4-5-12)13-6-7-13/h1-3,8,12-13,16H,4-7,10H2,(H,18,19).